The van der Waals surface area contributed by atoms with Gasteiger partial charge in [0.1, 0.15) is 5.82 Å². The lowest BCUT2D eigenvalue weighted by molar-refractivity contribution is 0.102. The number of hydrogen-bond acceptors (Lipinski definition) is 3. The van der Waals surface area contributed by atoms with Crippen LogP contribution in [0.4, 0.5) is 5.82 Å². The van der Waals surface area contributed by atoms with Crippen LogP contribution in [0.3, 0.4) is 0 Å². The molecule has 20 heavy (non-hydrogen) atoms. The van der Waals surface area contributed by atoms with Crippen molar-refractivity contribution in [2.24, 2.45) is 0 Å². The fraction of sp³-hybridized carbons (Fsp3) is 0. The Morgan fingerprint density at radius 1 is 1.00 bits per heavy atom. The molecular weight excluding hydrogens is 318 g/mol. The molecule has 3 rings (SSSR count). The number of rotatable bonds is 2. The van der Waals surface area contributed by atoms with Crippen LogP contribution in [0, 0.1) is 0 Å². The lowest BCUT2D eigenvalue weighted by atomic mass is 10.1. The lowest BCUT2D eigenvalue weighted by Gasteiger charge is -2.07. The number of carbonyl (C=O) groups excluding carboxylic acids is 1. The Labute approximate surface area is 124 Å². The summed E-state index contributed by atoms with van der Waals surface area (Å²) in [6.45, 7) is 0. The first-order valence-corrected chi connectivity index (χ1v) is 6.80. The van der Waals surface area contributed by atoms with E-state index in [1.807, 2.05) is 30.3 Å². The third-order valence-corrected chi connectivity index (χ3v) is 3.51. The molecule has 1 amide bonds. The molecule has 0 unspecified atom stereocenters. The predicted molar refractivity (Wildman–Crippen MR) is 81.6 cm³/mol. The number of hydrogen-bond donors (Lipinski definition) is 1. The highest BCUT2D eigenvalue weighted by Gasteiger charge is 2.12. The molecule has 1 N–H and O–H groups in total. The Kier molecular flexibility index (Phi) is 3.43. The minimum atomic E-state index is -0.228. The number of benzene rings is 1. The van der Waals surface area contributed by atoms with Crippen molar-refractivity contribution in [3.05, 3.63) is 64.9 Å². The monoisotopic (exact) mass is 327 g/mol. The Balaban J connectivity index is 1.99. The molecule has 0 atom stereocenters. The summed E-state index contributed by atoms with van der Waals surface area (Å²) >= 11 is 3.35. The molecule has 98 valence electrons. The van der Waals surface area contributed by atoms with Gasteiger partial charge in [0.15, 0.2) is 0 Å². The number of fused-ring (bicyclic) bond motifs is 1. The SMILES string of the molecule is O=C(Nc1ncccc1Br)c1cccc2cccnc12. The smallest absolute Gasteiger partial charge is 0.259 e. The van der Waals surface area contributed by atoms with E-state index in [1.165, 1.54) is 0 Å². The summed E-state index contributed by atoms with van der Waals surface area (Å²) in [7, 11) is 0. The topological polar surface area (TPSA) is 54.9 Å². The van der Waals surface area contributed by atoms with E-state index in [0.29, 0.717) is 16.9 Å². The van der Waals surface area contributed by atoms with Gasteiger partial charge in [0.05, 0.1) is 15.6 Å². The fourth-order valence-corrected chi connectivity index (χ4v) is 2.29. The molecule has 0 saturated heterocycles. The fourth-order valence-electron chi connectivity index (χ4n) is 1.94. The van der Waals surface area contributed by atoms with Crippen LogP contribution in [-0.4, -0.2) is 15.9 Å². The molecule has 0 saturated carbocycles. The van der Waals surface area contributed by atoms with Gasteiger partial charge < -0.3 is 5.32 Å². The van der Waals surface area contributed by atoms with Gasteiger partial charge in [0.2, 0.25) is 0 Å². The van der Waals surface area contributed by atoms with E-state index in [-0.39, 0.29) is 5.91 Å². The molecule has 0 radical (unpaired) electrons. The number of pyridine rings is 2. The average Bonchev–Trinajstić information content (AvgIpc) is 2.49. The molecule has 0 aliphatic rings. The number of carbonyl (C=O) groups is 1. The Morgan fingerprint density at radius 2 is 1.75 bits per heavy atom. The standard InChI is InChI=1S/C15H10BrN3O/c16-12-7-3-9-18-14(12)19-15(20)11-6-1-4-10-5-2-8-17-13(10)11/h1-9H,(H,18,19,20). The minimum Gasteiger partial charge on any atom is -0.306 e. The van der Waals surface area contributed by atoms with Gasteiger partial charge in [-0.3, -0.25) is 9.78 Å². The van der Waals surface area contributed by atoms with Crippen molar-refractivity contribution in [1.82, 2.24) is 9.97 Å². The normalized spacial score (nSPS) is 10.4. The van der Waals surface area contributed by atoms with Crippen LogP contribution in [0.2, 0.25) is 0 Å². The van der Waals surface area contributed by atoms with Gasteiger partial charge in [-0.05, 0) is 40.2 Å². The van der Waals surface area contributed by atoms with Crippen LogP contribution in [-0.2, 0) is 0 Å². The maximum Gasteiger partial charge on any atom is 0.259 e. The molecule has 0 fully saturated rings. The number of anilines is 1. The van der Waals surface area contributed by atoms with Crippen molar-refractivity contribution in [2.75, 3.05) is 5.32 Å². The van der Waals surface area contributed by atoms with Crippen LogP contribution in [0.25, 0.3) is 10.9 Å². The Morgan fingerprint density at radius 3 is 2.60 bits per heavy atom. The van der Waals surface area contributed by atoms with Gasteiger partial charge in [0, 0.05) is 17.8 Å². The van der Waals surface area contributed by atoms with E-state index in [1.54, 1.807) is 24.5 Å². The van der Waals surface area contributed by atoms with Crippen molar-refractivity contribution >= 4 is 38.6 Å². The second kappa shape index (κ2) is 5.38. The van der Waals surface area contributed by atoms with Gasteiger partial charge in [0.25, 0.3) is 5.91 Å². The van der Waals surface area contributed by atoms with Crippen molar-refractivity contribution in [3.8, 4) is 0 Å². The summed E-state index contributed by atoms with van der Waals surface area (Å²) in [4.78, 5) is 20.8. The summed E-state index contributed by atoms with van der Waals surface area (Å²) in [5, 5.41) is 3.71. The molecule has 0 bridgehead atoms. The van der Waals surface area contributed by atoms with Crippen LogP contribution in [0.1, 0.15) is 10.4 Å². The van der Waals surface area contributed by atoms with Gasteiger partial charge in [-0.25, -0.2) is 4.98 Å². The van der Waals surface area contributed by atoms with Gasteiger partial charge in [-0.2, -0.15) is 0 Å². The number of amides is 1. The highest BCUT2D eigenvalue weighted by Crippen LogP contribution is 2.21. The lowest BCUT2D eigenvalue weighted by Crippen LogP contribution is -2.14. The number of nitrogens with zero attached hydrogens (tertiary/aromatic N) is 2. The van der Waals surface area contributed by atoms with Crippen molar-refractivity contribution in [2.45, 2.75) is 0 Å². The molecular formula is C15H10BrN3O. The zero-order valence-corrected chi connectivity index (χ0v) is 12.0. The number of aromatic nitrogens is 2. The Hall–Kier alpha value is -2.27. The zero-order chi connectivity index (χ0) is 13.9. The Bertz CT molecular complexity index is 783. The predicted octanol–water partition coefficient (Wildman–Crippen LogP) is 3.64. The second-order valence-corrected chi connectivity index (χ2v) is 5.02. The molecule has 1 aromatic carbocycles. The van der Waals surface area contributed by atoms with Crippen LogP contribution in [0.5, 0.6) is 0 Å². The van der Waals surface area contributed by atoms with E-state index in [0.717, 1.165) is 9.86 Å². The maximum absolute atomic E-state index is 12.4. The molecule has 5 heteroatoms. The van der Waals surface area contributed by atoms with Crippen LogP contribution >= 0.6 is 15.9 Å². The first kappa shape index (κ1) is 12.7. The van der Waals surface area contributed by atoms with Crippen molar-refractivity contribution < 1.29 is 4.79 Å². The van der Waals surface area contributed by atoms with Crippen LogP contribution < -0.4 is 5.32 Å². The van der Waals surface area contributed by atoms with Gasteiger partial charge in [-0.15, -0.1) is 0 Å². The van der Waals surface area contributed by atoms with E-state index in [2.05, 4.69) is 31.2 Å². The molecule has 0 aliphatic carbocycles. The van der Waals surface area contributed by atoms with E-state index in [9.17, 15) is 4.79 Å². The summed E-state index contributed by atoms with van der Waals surface area (Å²) in [6, 6.07) is 12.9. The third kappa shape index (κ3) is 2.40. The first-order valence-electron chi connectivity index (χ1n) is 6.01. The second-order valence-electron chi connectivity index (χ2n) is 4.17. The van der Waals surface area contributed by atoms with Gasteiger partial charge >= 0.3 is 0 Å². The third-order valence-electron chi connectivity index (χ3n) is 2.87. The molecule has 2 heterocycles. The van der Waals surface area contributed by atoms with Crippen LogP contribution in [0.15, 0.2) is 59.3 Å². The molecule has 0 spiro atoms. The van der Waals surface area contributed by atoms with Crippen molar-refractivity contribution in [3.63, 3.8) is 0 Å². The van der Waals surface area contributed by atoms with E-state index >= 15 is 0 Å². The largest absolute Gasteiger partial charge is 0.306 e. The average molecular weight is 328 g/mol. The maximum atomic E-state index is 12.4. The molecule has 4 nitrogen and oxygen atoms in total. The summed E-state index contributed by atoms with van der Waals surface area (Å²) < 4.78 is 0.738. The number of halogens is 1. The quantitative estimate of drug-likeness (QED) is 0.781. The van der Waals surface area contributed by atoms with E-state index < -0.39 is 0 Å². The molecule has 0 aliphatic heterocycles. The molecule has 2 aromatic heterocycles. The molecule has 3 aromatic rings. The summed E-state index contributed by atoms with van der Waals surface area (Å²) in [6.07, 6.45) is 3.30. The zero-order valence-electron chi connectivity index (χ0n) is 10.4. The highest BCUT2D eigenvalue weighted by atomic mass is 79.9. The minimum absolute atomic E-state index is 0.228. The number of para-hydroxylation sites is 1. The van der Waals surface area contributed by atoms with Gasteiger partial charge in [-0.1, -0.05) is 18.2 Å². The summed E-state index contributed by atoms with van der Waals surface area (Å²) in [5.74, 6) is 0.263. The van der Waals surface area contributed by atoms with E-state index in [4.69, 9.17) is 0 Å². The first-order chi connectivity index (χ1) is 9.75. The highest BCUT2D eigenvalue weighted by molar-refractivity contribution is 9.10. The number of nitrogens with one attached hydrogen (secondary N) is 1. The van der Waals surface area contributed by atoms with Crippen molar-refractivity contribution in [1.29, 1.82) is 0 Å². The summed E-state index contributed by atoms with van der Waals surface area (Å²) in [5.41, 5.74) is 1.21.